The van der Waals surface area contributed by atoms with Gasteiger partial charge in [0, 0.05) is 25.9 Å². The molecule has 0 radical (unpaired) electrons. The van der Waals surface area contributed by atoms with Crippen molar-refractivity contribution in [2.45, 2.75) is 6.92 Å². The highest BCUT2D eigenvalue weighted by molar-refractivity contribution is 5.85. The molecule has 1 N–H and O–H groups in total. The van der Waals surface area contributed by atoms with E-state index in [9.17, 15) is 4.79 Å². The molecule has 0 heterocycles. The number of aliphatic carboxylic acids is 1. The van der Waals surface area contributed by atoms with Gasteiger partial charge >= 0.3 is 5.97 Å². The molecule has 0 unspecified atom stereocenters. The van der Waals surface area contributed by atoms with E-state index in [0.29, 0.717) is 0 Å². The second-order valence-corrected chi connectivity index (χ2v) is 3.61. The van der Waals surface area contributed by atoms with Gasteiger partial charge in [-0.3, -0.25) is 0 Å². The van der Waals surface area contributed by atoms with Crippen LogP contribution in [0.15, 0.2) is 24.3 Å². The lowest BCUT2D eigenvalue weighted by atomic mass is 10.1. The van der Waals surface area contributed by atoms with E-state index in [1.165, 1.54) is 0 Å². The van der Waals surface area contributed by atoms with Crippen molar-refractivity contribution >= 4 is 17.7 Å². The first-order chi connectivity index (χ1) is 7.00. The molecule has 15 heavy (non-hydrogen) atoms. The van der Waals surface area contributed by atoms with Crippen molar-refractivity contribution in [3.05, 3.63) is 35.4 Å². The van der Waals surface area contributed by atoms with Crippen LogP contribution in [0.2, 0.25) is 0 Å². The van der Waals surface area contributed by atoms with Crippen LogP contribution in [0.5, 0.6) is 0 Å². The fourth-order valence-corrected chi connectivity index (χ4v) is 1.29. The lowest BCUT2D eigenvalue weighted by Gasteiger charge is -2.13. The molecule has 0 bridgehead atoms. The fourth-order valence-electron chi connectivity index (χ4n) is 1.29. The first-order valence-electron chi connectivity index (χ1n) is 4.69. The number of hydrogen-bond donors (Lipinski definition) is 1. The molecular weight excluding hydrogens is 190 g/mol. The third-order valence-electron chi connectivity index (χ3n) is 2.18. The summed E-state index contributed by atoms with van der Waals surface area (Å²) in [5.41, 5.74) is 3.11. The van der Waals surface area contributed by atoms with Gasteiger partial charge in [0.2, 0.25) is 0 Å². The Hall–Kier alpha value is -1.77. The minimum Gasteiger partial charge on any atom is -0.478 e. The minimum atomic E-state index is -0.925. The van der Waals surface area contributed by atoms with E-state index in [-0.39, 0.29) is 0 Å². The summed E-state index contributed by atoms with van der Waals surface area (Å²) in [6.07, 6.45) is 2.76. The standard InChI is InChI=1S/C12H15NO2/c1-9-8-11(13(2)3)6-4-10(9)5-7-12(14)15/h4-8H,1-3H3,(H,14,15)/b7-5+. The van der Waals surface area contributed by atoms with Gasteiger partial charge in [-0.1, -0.05) is 6.07 Å². The maximum atomic E-state index is 10.4. The molecule has 0 spiro atoms. The van der Waals surface area contributed by atoms with Gasteiger partial charge in [0.25, 0.3) is 0 Å². The molecule has 0 amide bonds. The summed E-state index contributed by atoms with van der Waals surface area (Å²) >= 11 is 0. The summed E-state index contributed by atoms with van der Waals surface area (Å²) in [5.74, 6) is -0.925. The van der Waals surface area contributed by atoms with E-state index in [1.807, 2.05) is 44.1 Å². The van der Waals surface area contributed by atoms with Gasteiger partial charge in [0.15, 0.2) is 0 Å². The molecule has 0 fully saturated rings. The summed E-state index contributed by atoms with van der Waals surface area (Å²) < 4.78 is 0. The van der Waals surface area contributed by atoms with E-state index in [2.05, 4.69) is 0 Å². The normalized spacial score (nSPS) is 10.6. The number of nitrogens with zero attached hydrogens (tertiary/aromatic N) is 1. The molecular formula is C12H15NO2. The van der Waals surface area contributed by atoms with Crippen LogP contribution < -0.4 is 4.90 Å². The highest BCUT2D eigenvalue weighted by Crippen LogP contribution is 2.18. The number of carbonyl (C=O) groups is 1. The smallest absolute Gasteiger partial charge is 0.328 e. The van der Waals surface area contributed by atoms with Gasteiger partial charge in [0.05, 0.1) is 0 Å². The summed E-state index contributed by atoms with van der Waals surface area (Å²) in [5, 5.41) is 8.51. The Morgan fingerprint density at radius 1 is 1.40 bits per heavy atom. The zero-order valence-electron chi connectivity index (χ0n) is 9.19. The fraction of sp³-hybridized carbons (Fsp3) is 0.250. The molecule has 1 rings (SSSR count). The average Bonchev–Trinajstić information content (AvgIpc) is 2.15. The van der Waals surface area contributed by atoms with E-state index >= 15 is 0 Å². The van der Waals surface area contributed by atoms with Crippen molar-refractivity contribution in [2.75, 3.05) is 19.0 Å². The summed E-state index contributed by atoms with van der Waals surface area (Å²) in [6, 6.07) is 5.92. The van der Waals surface area contributed by atoms with Crippen LogP contribution in [0.25, 0.3) is 6.08 Å². The van der Waals surface area contributed by atoms with Crippen molar-refractivity contribution < 1.29 is 9.90 Å². The Morgan fingerprint density at radius 3 is 2.53 bits per heavy atom. The number of carboxylic acid groups (broad SMARTS) is 1. The summed E-state index contributed by atoms with van der Waals surface area (Å²) in [4.78, 5) is 12.4. The number of aryl methyl sites for hydroxylation is 1. The van der Waals surface area contributed by atoms with Gasteiger partial charge < -0.3 is 10.0 Å². The zero-order valence-corrected chi connectivity index (χ0v) is 9.19. The van der Waals surface area contributed by atoms with Crippen LogP contribution in [0, 0.1) is 6.92 Å². The zero-order chi connectivity index (χ0) is 11.4. The topological polar surface area (TPSA) is 40.5 Å². The molecule has 0 aliphatic carbocycles. The second kappa shape index (κ2) is 4.64. The molecule has 1 aromatic rings. The Bertz CT molecular complexity index is 395. The van der Waals surface area contributed by atoms with Crippen LogP contribution in [0.1, 0.15) is 11.1 Å². The molecule has 3 nitrogen and oxygen atoms in total. The molecule has 0 saturated heterocycles. The van der Waals surface area contributed by atoms with Crippen molar-refractivity contribution in [2.24, 2.45) is 0 Å². The number of benzene rings is 1. The van der Waals surface area contributed by atoms with E-state index in [4.69, 9.17) is 5.11 Å². The number of carboxylic acids is 1. The largest absolute Gasteiger partial charge is 0.478 e. The lowest BCUT2D eigenvalue weighted by molar-refractivity contribution is -0.131. The highest BCUT2D eigenvalue weighted by Gasteiger charge is 1.99. The molecule has 0 aliphatic rings. The Balaban J connectivity index is 2.98. The van der Waals surface area contributed by atoms with Crippen LogP contribution >= 0.6 is 0 Å². The quantitative estimate of drug-likeness (QED) is 0.769. The lowest BCUT2D eigenvalue weighted by Crippen LogP contribution is -2.08. The van der Waals surface area contributed by atoms with Crippen molar-refractivity contribution in [3.63, 3.8) is 0 Å². The second-order valence-electron chi connectivity index (χ2n) is 3.61. The first-order valence-corrected chi connectivity index (χ1v) is 4.69. The Kier molecular flexibility index (Phi) is 3.50. The minimum absolute atomic E-state index is 0.925. The summed E-state index contributed by atoms with van der Waals surface area (Å²) in [7, 11) is 3.95. The predicted octanol–water partition coefficient (Wildman–Crippen LogP) is 2.16. The van der Waals surface area contributed by atoms with Crippen molar-refractivity contribution in [3.8, 4) is 0 Å². The monoisotopic (exact) mass is 205 g/mol. The van der Waals surface area contributed by atoms with E-state index < -0.39 is 5.97 Å². The third-order valence-corrected chi connectivity index (χ3v) is 2.18. The molecule has 80 valence electrons. The van der Waals surface area contributed by atoms with Gasteiger partial charge in [0.1, 0.15) is 0 Å². The molecule has 0 saturated carbocycles. The van der Waals surface area contributed by atoms with Crippen LogP contribution in [0.3, 0.4) is 0 Å². The molecule has 0 aliphatic heterocycles. The van der Waals surface area contributed by atoms with Gasteiger partial charge in [-0.05, 0) is 36.3 Å². The number of rotatable bonds is 3. The van der Waals surface area contributed by atoms with Crippen molar-refractivity contribution in [1.82, 2.24) is 0 Å². The third kappa shape index (κ3) is 3.13. The average molecular weight is 205 g/mol. The molecule has 1 aromatic carbocycles. The van der Waals surface area contributed by atoms with Gasteiger partial charge in [-0.25, -0.2) is 4.79 Å². The van der Waals surface area contributed by atoms with Crippen LogP contribution in [-0.4, -0.2) is 25.2 Å². The van der Waals surface area contributed by atoms with Crippen molar-refractivity contribution in [1.29, 1.82) is 0 Å². The van der Waals surface area contributed by atoms with Crippen LogP contribution in [0.4, 0.5) is 5.69 Å². The molecule has 0 atom stereocenters. The maximum absolute atomic E-state index is 10.4. The summed E-state index contributed by atoms with van der Waals surface area (Å²) in [6.45, 7) is 1.97. The Labute approximate surface area is 89.6 Å². The van der Waals surface area contributed by atoms with E-state index in [0.717, 1.165) is 22.9 Å². The predicted molar refractivity (Wildman–Crippen MR) is 62.2 cm³/mol. The van der Waals surface area contributed by atoms with Crippen LogP contribution in [-0.2, 0) is 4.79 Å². The number of anilines is 1. The Morgan fingerprint density at radius 2 is 2.07 bits per heavy atom. The van der Waals surface area contributed by atoms with E-state index in [1.54, 1.807) is 6.08 Å². The number of hydrogen-bond acceptors (Lipinski definition) is 2. The first kappa shape index (κ1) is 11.3. The van der Waals surface area contributed by atoms with Gasteiger partial charge in [-0.2, -0.15) is 0 Å². The van der Waals surface area contributed by atoms with Gasteiger partial charge in [-0.15, -0.1) is 0 Å². The molecule has 3 heteroatoms. The molecule has 0 aromatic heterocycles. The SMILES string of the molecule is Cc1cc(N(C)C)ccc1/C=C/C(=O)O. The maximum Gasteiger partial charge on any atom is 0.328 e. The highest BCUT2D eigenvalue weighted by atomic mass is 16.4.